The molecule has 0 atom stereocenters. The summed E-state index contributed by atoms with van der Waals surface area (Å²) in [6.07, 6.45) is 0. The Morgan fingerprint density at radius 1 is 0.947 bits per heavy atom. The van der Waals surface area contributed by atoms with Gasteiger partial charge in [0.15, 0.2) is 10.3 Å². The maximum Gasteiger partial charge on any atom is 0.151 e. The number of nitrogens with two attached hydrogens (primary N) is 2. The quantitative estimate of drug-likeness (QED) is 0.506. The first-order valence-electron chi connectivity index (χ1n) is 5.42. The molecule has 0 spiro atoms. The summed E-state index contributed by atoms with van der Waals surface area (Å²) < 4.78 is 0. The van der Waals surface area contributed by atoms with Gasteiger partial charge in [-0.2, -0.15) is 0 Å². The van der Waals surface area contributed by atoms with Gasteiger partial charge in [0.1, 0.15) is 0 Å². The first-order valence-corrected chi connectivity index (χ1v) is 7.40. The zero-order valence-corrected chi connectivity index (χ0v) is 13.4. The van der Waals surface area contributed by atoms with Crippen molar-refractivity contribution in [3.63, 3.8) is 0 Å². The van der Waals surface area contributed by atoms with Crippen molar-refractivity contribution in [3.05, 3.63) is 34.4 Å². The van der Waals surface area contributed by atoms with Crippen LogP contribution in [0.3, 0.4) is 0 Å². The Bertz CT molecular complexity index is 434. The molecule has 4 nitrogen and oxygen atoms in total. The Balaban J connectivity index is 0.00000324. The second-order valence-electron chi connectivity index (χ2n) is 4.01. The van der Waals surface area contributed by atoms with Gasteiger partial charge in [-0.1, -0.05) is 35.7 Å². The van der Waals surface area contributed by atoms with Gasteiger partial charge in [0.2, 0.25) is 0 Å². The molecule has 0 fully saturated rings. The second-order valence-corrected chi connectivity index (χ2v) is 6.05. The van der Waals surface area contributed by atoms with E-state index in [1.807, 2.05) is 0 Å². The van der Waals surface area contributed by atoms with Gasteiger partial charge in [-0.05, 0) is 36.1 Å². The molecule has 0 heterocycles. The van der Waals surface area contributed by atoms with E-state index < -0.39 is 0 Å². The molecular formula is C12H19ClN4S2. The van der Waals surface area contributed by atoms with E-state index in [0.29, 0.717) is 11.5 Å². The molecule has 7 heteroatoms. The van der Waals surface area contributed by atoms with Crippen LogP contribution in [0.1, 0.15) is 22.3 Å². The van der Waals surface area contributed by atoms with Crippen LogP contribution in [0.2, 0.25) is 0 Å². The number of rotatable bonds is 4. The first kappa shape index (κ1) is 18.1. The number of nitrogens with one attached hydrogen (secondary N) is 2. The molecule has 1 rings (SSSR count). The monoisotopic (exact) mass is 318 g/mol. The van der Waals surface area contributed by atoms with Crippen molar-refractivity contribution in [2.75, 3.05) is 0 Å². The van der Waals surface area contributed by atoms with Gasteiger partial charge in [0.05, 0.1) is 0 Å². The van der Waals surface area contributed by atoms with Gasteiger partial charge in [0.25, 0.3) is 0 Å². The van der Waals surface area contributed by atoms with Crippen molar-refractivity contribution in [2.24, 2.45) is 11.5 Å². The highest BCUT2D eigenvalue weighted by atomic mass is 35.5. The highest BCUT2D eigenvalue weighted by Gasteiger charge is 2.07. The summed E-state index contributed by atoms with van der Waals surface area (Å²) in [5.74, 6) is 1.37. The van der Waals surface area contributed by atoms with Gasteiger partial charge in [-0.25, -0.2) is 0 Å². The van der Waals surface area contributed by atoms with Gasteiger partial charge >= 0.3 is 0 Å². The van der Waals surface area contributed by atoms with E-state index in [0.717, 1.165) is 11.1 Å². The van der Waals surface area contributed by atoms with Crippen molar-refractivity contribution < 1.29 is 0 Å². The lowest BCUT2D eigenvalue weighted by Gasteiger charge is -2.12. The van der Waals surface area contributed by atoms with Crippen molar-refractivity contribution in [1.29, 1.82) is 10.8 Å². The van der Waals surface area contributed by atoms with E-state index >= 15 is 0 Å². The Morgan fingerprint density at radius 3 is 1.53 bits per heavy atom. The maximum atomic E-state index is 7.26. The average Bonchev–Trinajstić information content (AvgIpc) is 2.28. The summed E-state index contributed by atoms with van der Waals surface area (Å²) in [6, 6.07) is 4.25. The second kappa shape index (κ2) is 8.35. The molecule has 0 aliphatic rings. The van der Waals surface area contributed by atoms with Crippen molar-refractivity contribution in [3.8, 4) is 0 Å². The van der Waals surface area contributed by atoms with Crippen molar-refractivity contribution in [2.45, 2.75) is 25.4 Å². The van der Waals surface area contributed by atoms with Crippen LogP contribution >= 0.6 is 35.9 Å². The number of amidine groups is 2. The Hall–Kier alpha value is -0.850. The minimum Gasteiger partial charge on any atom is -0.379 e. The topological polar surface area (TPSA) is 99.7 Å². The molecule has 0 bridgehead atoms. The van der Waals surface area contributed by atoms with Crippen LogP contribution < -0.4 is 11.5 Å². The number of hydrogen-bond acceptors (Lipinski definition) is 4. The average molecular weight is 319 g/mol. The largest absolute Gasteiger partial charge is 0.379 e. The standard InChI is InChI=1S/C12H18N4S2.ClH/c1-7-3-9(5-17-11(13)14)10(4-8(7)2)6-18-12(15)16;/h3-4H,5-6H2,1-2H3,(H3,13,14)(H3,15,16);1H. The minimum absolute atomic E-state index is 0. The number of halogens is 1. The summed E-state index contributed by atoms with van der Waals surface area (Å²) in [6.45, 7) is 4.14. The number of thioether (sulfide) groups is 2. The molecule has 0 saturated carbocycles. The maximum absolute atomic E-state index is 7.26. The molecule has 1 aromatic rings. The van der Waals surface area contributed by atoms with Gasteiger partial charge in [0, 0.05) is 11.5 Å². The van der Waals surface area contributed by atoms with Gasteiger partial charge < -0.3 is 11.5 Å². The van der Waals surface area contributed by atoms with Crippen LogP contribution in [0, 0.1) is 24.7 Å². The zero-order chi connectivity index (χ0) is 13.7. The number of hydrogen-bond donors (Lipinski definition) is 4. The van der Waals surface area contributed by atoms with Crippen molar-refractivity contribution in [1.82, 2.24) is 0 Å². The fraction of sp³-hybridized carbons (Fsp3) is 0.333. The van der Waals surface area contributed by atoms with Crippen molar-refractivity contribution >= 4 is 46.3 Å². The smallest absolute Gasteiger partial charge is 0.151 e. The molecule has 106 valence electrons. The van der Waals surface area contributed by atoms with E-state index in [2.05, 4.69) is 26.0 Å². The highest BCUT2D eigenvalue weighted by molar-refractivity contribution is 8.13. The zero-order valence-electron chi connectivity index (χ0n) is 10.9. The number of aryl methyl sites for hydroxylation is 2. The molecule has 19 heavy (non-hydrogen) atoms. The third-order valence-electron chi connectivity index (χ3n) is 2.58. The molecule has 6 N–H and O–H groups in total. The molecule has 0 saturated heterocycles. The molecule has 0 amide bonds. The predicted octanol–water partition coefficient (Wildman–Crippen LogP) is 2.98. The third-order valence-corrected chi connectivity index (χ3v) is 4.11. The van der Waals surface area contributed by atoms with Gasteiger partial charge in [-0.3, -0.25) is 10.8 Å². The molecule has 0 unspecified atom stereocenters. The molecule has 0 aromatic heterocycles. The Morgan fingerprint density at radius 2 is 1.26 bits per heavy atom. The summed E-state index contributed by atoms with van der Waals surface area (Å²) in [7, 11) is 0. The SMILES string of the molecule is Cc1cc(CSC(=N)N)c(CSC(=N)N)cc1C.Cl. The van der Waals surface area contributed by atoms with Crippen LogP contribution in [0.4, 0.5) is 0 Å². The molecular weight excluding hydrogens is 300 g/mol. The van der Waals surface area contributed by atoms with E-state index in [1.165, 1.54) is 34.7 Å². The summed E-state index contributed by atoms with van der Waals surface area (Å²) >= 11 is 2.63. The normalized spacial score (nSPS) is 9.79. The molecule has 0 radical (unpaired) electrons. The summed E-state index contributed by atoms with van der Waals surface area (Å²) in [5.41, 5.74) is 15.5. The van der Waals surface area contributed by atoms with E-state index in [1.54, 1.807) is 0 Å². The lowest BCUT2D eigenvalue weighted by atomic mass is 10.0. The van der Waals surface area contributed by atoms with Crippen LogP contribution in [0.25, 0.3) is 0 Å². The lowest BCUT2D eigenvalue weighted by molar-refractivity contribution is 1.21. The lowest BCUT2D eigenvalue weighted by Crippen LogP contribution is -2.07. The van der Waals surface area contributed by atoms with E-state index in [-0.39, 0.29) is 22.7 Å². The van der Waals surface area contributed by atoms with Crippen LogP contribution in [0.5, 0.6) is 0 Å². The van der Waals surface area contributed by atoms with Crippen LogP contribution in [0.15, 0.2) is 12.1 Å². The summed E-state index contributed by atoms with van der Waals surface area (Å²) in [4.78, 5) is 0. The molecule has 1 aromatic carbocycles. The highest BCUT2D eigenvalue weighted by Crippen LogP contribution is 2.24. The molecule has 0 aliphatic carbocycles. The first-order chi connectivity index (χ1) is 8.40. The third kappa shape index (κ3) is 6.22. The van der Waals surface area contributed by atoms with E-state index in [4.69, 9.17) is 22.3 Å². The summed E-state index contributed by atoms with van der Waals surface area (Å²) in [5, 5.41) is 14.8. The Kier molecular flexibility index (Phi) is 7.97. The fourth-order valence-corrected chi connectivity index (χ4v) is 2.67. The van der Waals surface area contributed by atoms with Crippen LogP contribution in [-0.2, 0) is 11.5 Å². The van der Waals surface area contributed by atoms with Gasteiger partial charge in [-0.15, -0.1) is 12.4 Å². The number of benzene rings is 1. The molecule has 0 aliphatic heterocycles. The van der Waals surface area contributed by atoms with E-state index in [9.17, 15) is 0 Å². The fourth-order valence-electron chi connectivity index (χ4n) is 1.52. The minimum atomic E-state index is 0. The van der Waals surface area contributed by atoms with Crippen LogP contribution in [-0.4, -0.2) is 10.3 Å². The predicted molar refractivity (Wildman–Crippen MR) is 89.6 cm³/mol. The Labute approximate surface area is 128 Å².